The first kappa shape index (κ1) is 26.7. The summed E-state index contributed by atoms with van der Waals surface area (Å²) >= 11 is 0. The Morgan fingerprint density at radius 1 is 1.21 bits per heavy atom. The van der Waals surface area contributed by atoms with Crippen molar-refractivity contribution in [1.82, 2.24) is 20.0 Å². The van der Waals surface area contributed by atoms with Gasteiger partial charge in [-0.25, -0.2) is 9.59 Å². The van der Waals surface area contributed by atoms with Crippen LogP contribution in [0.1, 0.15) is 62.5 Å². The van der Waals surface area contributed by atoms with Crippen molar-refractivity contribution in [3.05, 3.63) is 47.2 Å². The Morgan fingerprint density at radius 2 is 1.90 bits per heavy atom. The molecule has 1 aromatic rings. The van der Waals surface area contributed by atoms with Crippen LogP contribution in [0.3, 0.4) is 0 Å². The van der Waals surface area contributed by atoms with Crippen molar-refractivity contribution in [2.75, 3.05) is 13.1 Å². The maximum absolute atomic E-state index is 13.7. The van der Waals surface area contributed by atoms with Gasteiger partial charge < -0.3 is 20.1 Å². The zero-order chi connectivity index (χ0) is 28.2. The Labute approximate surface area is 227 Å². The van der Waals surface area contributed by atoms with Gasteiger partial charge in [0.05, 0.1) is 17.6 Å². The minimum Gasteiger partial charge on any atom is -0.478 e. The summed E-state index contributed by atoms with van der Waals surface area (Å²) in [5.41, 5.74) is 0.567. The standard InChI is InChI=1S/C28H33N5O6/c1-15(16-5-7-17(8-6-16)26(36)37)32-20-11-23(25(32)35)31(13-20)14-21(30-27(38)39-28(2,3)4)24(34)33-19(12-29)9-18-10-22(18)33/h5-9,15,18,20-23H,10-11,13-14H2,1-4H3,(H,30,38)(H,36,37)/t15?,18-,20+,21?,22?,23?/m1/s1. The molecule has 1 aliphatic carbocycles. The number of nitrogens with one attached hydrogen (secondary N) is 1. The molecule has 4 aliphatic rings. The van der Waals surface area contributed by atoms with Gasteiger partial charge in [0.25, 0.3) is 5.91 Å². The zero-order valence-corrected chi connectivity index (χ0v) is 22.5. The molecule has 3 heterocycles. The largest absolute Gasteiger partial charge is 0.478 e. The number of rotatable bonds is 7. The molecular weight excluding hydrogens is 502 g/mol. The third-order valence-electron chi connectivity index (χ3n) is 7.90. The van der Waals surface area contributed by atoms with E-state index in [2.05, 4.69) is 11.4 Å². The van der Waals surface area contributed by atoms with E-state index >= 15 is 0 Å². The SMILES string of the molecule is CC(c1ccc(C(=O)O)cc1)N1C(=O)C2C[C@H]1CN2CC(NC(=O)OC(C)(C)C)C(=O)N1C(C#N)=C[C@@H]2CC21. The van der Waals surface area contributed by atoms with Gasteiger partial charge in [-0.1, -0.05) is 12.1 Å². The van der Waals surface area contributed by atoms with Gasteiger partial charge in [-0.05, 0) is 64.3 Å². The molecule has 2 saturated heterocycles. The molecule has 3 amide bonds. The summed E-state index contributed by atoms with van der Waals surface area (Å²) in [7, 11) is 0. The topological polar surface area (TPSA) is 143 Å². The zero-order valence-electron chi connectivity index (χ0n) is 22.5. The van der Waals surface area contributed by atoms with Gasteiger partial charge in [0.2, 0.25) is 5.91 Å². The molecule has 3 aliphatic heterocycles. The van der Waals surface area contributed by atoms with Crippen molar-refractivity contribution in [1.29, 1.82) is 5.26 Å². The molecule has 3 fully saturated rings. The number of likely N-dealkylation sites (tertiary alicyclic amines) is 2. The highest BCUT2D eigenvalue weighted by atomic mass is 16.6. The normalized spacial score (nSPS) is 26.9. The number of amides is 3. The molecule has 2 N–H and O–H groups in total. The average molecular weight is 536 g/mol. The summed E-state index contributed by atoms with van der Waals surface area (Å²) < 4.78 is 5.41. The molecule has 11 heteroatoms. The fourth-order valence-corrected chi connectivity index (χ4v) is 6.01. The first-order valence-corrected chi connectivity index (χ1v) is 13.2. The van der Waals surface area contributed by atoms with Crippen LogP contribution >= 0.6 is 0 Å². The van der Waals surface area contributed by atoms with Crippen molar-refractivity contribution in [3.63, 3.8) is 0 Å². The highest BCUT2D eigenvalue weighted by Gasteiger charge is 2.54. The predicted octanol–water partition coefficient (Wildman–Crippen LogP) is 2.26. The number of hydrogen-bond acceptors (Lipinski definition) is 7. The first-order valence-electron chi connectivity index (χ1n) is 13.2. The van der Waals surface area contributed by atoms with Crippen molar-refractivity contribution < 1.29 is 29.0 Å². The number of fused-ring (bicyclic) bond motifs is 3. The summed E-state index contributed by atoms with van der Waals surface area (Å²) in [5, 5.41) is 21.4. The third kappa shape index (κ3) is 5.08. The fraction of sp³-hybridized carbons (Fsp3) is 0.536. The number of hydrogen-bond donors (Lipinski definition) is 2. The Kier molecular flexibility index (Phi) is 6.63. The number of carbonyl (C=O) groups excluding carboxylic acids is 3. The number of aromatic carboxylic acids is 1. The van der Waals surface area contributed by atoms with E-state index in [0.717, 1.165) is 12.0 Å². The van der Waals surface area contributed by atoms with Crippen molar-refractivity contribution >= 4 is 23.9 Å². The van der Waals surface area contributed by atoms with E-state index in [9.17, 15) is 24.4 Å². The van der Waals surface area contributed by atoms with E-state index in [4.69, 9.17) is 9.84 Å². The average Bonchev–Trinajstić information content (AvgIpc) is 3.18. The van der Waals surface area contributed by atoms with Crippen LogP contribution in [-0.4, -0.2) is 86.5 Å². The molecule has 1 saturated carbocycles. The van der Waals surface area contributed by atoms with Gasteiger partial charge in [-0.15, -0.1) is 0 Å². The number of benzene rings is 1. The lowest BCUT2D eigenvalue weighted by Crippen LogP contribution is -2.58. The minimum atomic E-state index is -1.01. The van der Waals surface area contributed by atoms with Crippen molar-refractivity contribution in [2.45, 2.75) is 76.3 Å². The van der Waals surface area contributed by atoms with Crippen LogP contribution in [0, 0.1) is 17.2 Å². The van der Waals surface area contributed by atoms with E-state index in [0.29, 0.717) is 18.7 Å². The highest BCUT2D eigenvalue weighted by molar-refractivity contribution is 5.90. The van der Waals surface area contributed by atoms with Crippen molar-refractivity contribution in [2.24, 2.45) is 5.92 Å². The molecule has 6 atom stereocenters. The number of carbonyl (C=O) groups is 4. The lowest BCUT2D eigenvalue weighted by molar-refractivity contribution is -0.140. The van der Waals surface area contributed by atoms with Crippen LogP contribution < -0.4 is 5.32 Å². The smallest absolute Gasteiger partial charge is 0.408 e. The van der Waals surface area contributed by atoms with Gasteiger partial charge >= 0.3 is 12.1 Å². The van der Waals surface area contributed by atoms with Crippen LogP contribution in [0.25, 0.3) is 0 Å². The number of alkyl carbamates (subject to hydrolysis) is 1. The number of carboxylic acids is 1. The number of nitriles is 1. The van der Waals surface area contributed by atoms with Gasteiger partial charge in [0.15, 0.2) is 0 Å². The van der Waals surface area contributed by atoms with Crippen LogP contribution in [0.4, 0.5) is 4.79 Å². The van der Waals surface area contributed by atoms with Gasteiger partial charge in [0.1, 0.15) is 23.4 Å². The molecule has 1 aromatic carbocycles. The second-order valence-corrected chi connectivity index (χ2v) is 11.7. The quantitative estimate of drug-likeness (QED) is 0.541. The lowest BCUT2D eigenvalue weighted by atomic mass is 10.0. The fourth-order valence-electron chi connectivity index (χ4n) is 6.01. The van der Waals surface area contributed by atoms with Crippen LogP contribution in [0.5, 0.6) is 0 Å². The Morgan fingerprint density at radius 3 is 2.49 bits per heavy atom. The number of carboxylic acid groups (broad SMARTS) is 1. The molecule has 0 radical (unpaired) electrons. The number of piperazine rings is 1. The minimum absolute atomic E-state index is 0.0596. The van der Waals surface area contributed by atoms with E-state index < -0.39 is 29.7 Å². The molecule has 4 unspecified atom stereocenters. The third-order valence-corrected chi connectivity index (χ3v) is 7.90. The summed E-state index contributed by atoms with van der Waals surface area (Å²) in [6, 6.07) is 6.80. The molecule has 11 nitrogen and oxygen atoms in total. The maximum atomic E-state index is 13.7. The number of ether oxygens (including phenoxy) is 1. The lowest BCUT2D eigenvalue weighted by Gasteiger charge is -2.39. The maximum Gasteiger partial charge on any atom is 0.408 e. The van der Waals surface area contributed by atoms with Crippen LogP contribution in [0.2, 0.25) is 0 Å². The number of allylic oxidation sites excluding steroid dienone is 1. The second kappa shape index (κ2) is 9.68. The summed E-state index contributed by atoms with van der Waals surface area (Å²) in [5.74, 6) is -1.27. The second-order valence-electron chi connectivity index (χ2n) is 11.7. The van der Waals surface area contributed by atoms with Gasteiger partial charge in [-0.3, -0.25) is 19.4 Å². The molecule has 0 spiro atoms. The van der Waals surface area contributed by atoms with Gasteiger partial charge in [-0.2, -0.15) is 5.26 Å². The Balaban J connectivity index is 1.30. The monoisotopic (exact) mass is 535 g/mol. The molecule has 206 valence electrons. The van der Waals surface area contributed by atoms with Crippen LogP contribution in [-0.2, 0) is 14.3 Å². The van der Waals surface area contributed by atoms with E-state index in [1.165, 1.54) is 17.0 Å². The van der Waals surface area contributed by atoms with E-state index in [-0.39, 0.29) is 48.0 Å². The highest BCUT2D eigenvalue weighted by Crippen LogP contribution is 2.45. The number of nitrogens with zero attached hydrogens (tertiary/aromatic N) is 4. The molecule has 5 rings (SSSR count). The first-order chi connectivity index (χ1) is 18.4. The molecular formula is C28H33N5O6. The molecule has 0 aromatic heterocycles. The van der Waals surface area contributed by atoms with Gasteiger partial charge in [0, 0.05) is 31.1 Å². The van der Waals surface area contributed by atoms with Crippen LogP contribution in [0.15, 0.2) is 36.0 Å². The summed E-state index contributed by atoms with van der Waals surface area (Å²) in [4.78, 5) is 56.3. The van der Waals surface area contributed by atoms with E-state index in [1.807, 2.05) is 16.7 Å². The van der Waals surface area contributed by atoms with E-state index in [1.54, 1.807) is 39.0 Å². The summed E-state index contributed by atoms with van der Waals surface area (Å²) in [6.45, 7) is 7.77. The summed E-state index contributed by atoms with van der Waals surface area (Å²) in [6.07, 6.45) is 2.46. The molecule has 2 bridgehead atoms. The molecule has 39 heavy (non-hydrogen) atoms. The predicted molar refractivity (Wildman–Crippen MR) is 138 cm³/mol. The Bertz CT molecular complexity index is 1280. The Hall–Kier alpha value is -3.91. The van der Waals surface area contributed by atoms with Crippen molar-refractivity contribution in [3.8, 4) is 6.07 Å².